The van der Waals surface area contributed by atoms with Gasteiger partial charge in [0.15, 0.2) is 0 Å². The molecule has 0 aromatic heterocycles. The van der Waals surface area contributed by atoms with Crippen LogP contribution < -0.4 is 5.32 Å². The molecule has 0 aromatic rings. The monoisotopic (exact) mass is 281 g/mol. The molecule has 0 bridgehead atoms. The first-order valence-electron chi connectivity index (χ1n) is 8.03. The first-order valence-corrected chi connectivity index (χ1v) is 8.03. The molecule has 0 rings (SSSR count). The average Bonchev–Trinajstić information content (AvgIpc) is 2.39. The lowest BCUT2D eigenvalue weighted by molar-refractivity contribution is 0.138. The predicted molar refractivity (Wildman–Crippen MR) is 87.7 cm³/mol. The lowest BCUT2D eigenvalue weighted by Crippen LogP contribution is -2.42. The summed E-state index contributed by atoms with van der Waals surface area (Å²) in [5.41, 5.74) is -0.0389. The van der Waals surface area contributed by atoms with Gasteiger partial charge in [0.05, 0.1) is 6.07 Å². The number of hydrogen-bond acceptors (Lipinski definition) is 3. The summed E-state index contributed by atoms with van der Waals surface area (Å²) >= 11 is 0. The third-order valence-corrected chi connectivity index (χ3v) is 4.36. The van der Waals surface area contributed by atoms with E-state index in [-0.39, 0.29) is 5.54 Å². The van der Waals surface area contributed by atoms with Crippen molar-refractivity contribution >= 4 is 0 Å². The number of rotatable bonds is 9. The van der Waals surface area contributed by atoms with Gasteiger partial charge in [-0.2, -0.15) is 5.26 Å². The van der Waals surface area contributed by atoms with E-state index in [4.69, 9.17) is 0 Å². The fourth-order valence-corrected chi connectivity index (χ4v) is 2.28. The van der Waals surface area contributed by atoms with Crippen molar-refractivity contribution in [3.8, 4) is 6.07 Å². The molecule has 0 aliphatic carbocycles. The number of unbranched alkanes of at least 4 members (excludes halogenated alkanes) is 1. The van der Waals surface area contributed by atoms with Crippen molar-refractivity contribution in [3.05, 3.63) is 0 Å². The highest BCUT2D eigenvalue weighted by Gasteiger charge is 2.24. The maximum absolute atomic E-state index is 9.29. The molecule has 0 saturated carbocycles. The Morgan fingerprint density at radius 2 is 1.80 bits per heavy atom. The van der Waals surface area contributed by atoms with Crippen molar-refractivity contribution < 1.29 is 0 Å². The van der Waals surface area contributed by atoms with Gasteiger partial charge in [-0.05, 0) is 65.1 Å². The van der Waals surface area contributed by atoms with E-state index in [1.807, 2.05) is 6.92 Å². The van der Waals surface area contributed by atoms with Gasteiger partial charge >= 0.3 is 0 Å². The second-order valence-electron chi connectivity index (χ2n) is 7.35. The molecule has 1 N–H and O–H groups in total. The third-order valence-electron chi connectivity index (χ3n) is 4.36. The molecule has 0 amide bonds. The van der Waals surface area contributed by atoms with Gasteiger partial charge in [-0.1, -0.05) is 27.7 Å². The minimum atomic E-state index is -0.357. The Labute approximate surface area is 126 Å². The largest absolute Gasteiger partial charge is 0.303 e. The van der Waals surface area contributed by atoms with Gasteiger partial charge in [0, 0.05) is 6.04 Å². The Balaban J connectivity index is 4.04. The van der Waals surface area contributed by atoms with E-state index in [0.717, 1.165) is 38.8 Å². The second-order valence-corrected chi connectivity index (χ2v) is 7.35. The van der Waals surface area contributed by atoms with Crippen LogP contribution in [0, 0.1) is 16.7 Å². The summed E-state index contributed by atoms with van der Waals surface area (Å²) in [6.07, 6.45) is 4.26. The quantitative estimate of drug-likeness (QED) is 0.653. The Morgan fingerprint density at radius 3 is 2.25 bits per heavy atom. The molecule has 0 aromatic carbocycles. The molecule has 0 aliphatic heterocycles. The molecule has 0 saturated heterocycles. The molecule has 118 valence electrons. The van der Waals surface area contributed by atoms with E-state index in [9.17, 15) is 5.26 Å². The number of nitriles is 1. The lowest BCUT2D eigenvalue weighted by Gasteiger charge is -2.35. The fourth-order valence-electron chi connectivity index (χ4n) is 2.28. The van der Waals surface area contributed by atoms with E-state index in [2.05, 4.69) is 58.0 Å². The first kappa shape index (κ1) is 19.4. The van der Waals surface area contributed by atoms with Crippen LogP contribution in [-0.4, -0.2) is 36.6 Å². The zero-order valence-electron chi connectivity index (χ0n) is 14.7. The molecule has 2 unspecified atom stereocenters. The maximum Gasteiger partial charge on any atom is 0.103 e. The third kappa shape index (κ3) is 7.26. The predicted octanol–water partition coefficient (Wildman–Crippen LogP) is 3.80. The standard InChI is InChI=1S/C17H35N3/c1-8-12-19-17(6,14-18)11-9-10-13-20(7)15(2)16(3,4)5/h15,19H,8-13H2,1-7H3. The van der Waals surface area contributed by atoms with Crippen molar-refractivity contribution in [2.24, 2.45) is 5.41 Å². The average molecular weight is 281 g/mol. The number of nitrogens with one attached hydrogen (secondary N) is 1. The van der Waals surface area contributed by atoms with Gasteiger partial charge in [0.1, 0.15) is 5.54 Å². The summed E-state index contributed by atoms with van der Waals surface area (Å²) in [5.74, 6) is 0. The topological polar surface area (TPSA) is 39.1 Å². The van der Waals surface area contributed by atoms with E-state index >= 15 is 0 Å². The molecule has 0 spiro atoms. The van der Waals surface area contributed by atoms with Gasteiger partial charge in [-0.3, -0.25) is 5.32 Å². The van der Waals surface area contributed by atoms with Gasteiger partial charge < -0.3 is 4.90 Å². The zero-order valence-corrected chi connectivity index (χ0v) is 14.7. The Kier molecular flexibility index (Phi) is 8.39. The van der Waals surface area contributed by atoms with Crippen molar-refractivity contribution in [1.82, 2.24) is 10.2 Å². The highest BCUT2D eigenvalue weighted by Crippen LogP contribution is 2.23. The molecule has 0 radical (unpaired) electrons. The summed E-state index contributed by atoms with van der Waals surface area (Å²) < 4.78 is 0. The van der Waals surface area contributed by atoms with E-state index in [1.54, 1.807) is 0 Å². The molecule has 0 heterocycles. The van der Waals surface area contributed by atoms with Gasteiger partial charge in [-0.15, -0.1) is 0 Å². The van der Waals surface area contributed by atoms with Gasteiger partial charge in [0.25, 0.3) is 0 Å². The van der Waals surface area contributed by atoms with Crippen LogP contribution in [0.3, 0.4) is 0 Å². The fraction of sp³-hybridized carbons (Fsp3) is 0.941. The molecule has 3 nitrogen and oxygen atoms in total. The summed E-state index contributed by atoms with van der Waals surface area (Å²) in [6.45, 7) is 15.3. The summed E-state index contributed by atoms with van der Waals surface area (Å²) in [7, 11) is 2.20. The molecule has 0 aliphatic rings. The molecule has 2 atom stereocenters. The van der Waals surface area contributed by atoms with Crippen molar-refractivity contribution in [3.63, 3.8) is 0 Å². The van der Waals surface area contributed by atoms with Crippen LogP contribution in [0.15, 0.2) is 0 Å². The van der Waals surface area contributed by atoms with Crippen molar-refractivity contribution in [1.29, 1.82) is 5.26 Å². The summed E-state index contributed by atoms with van der Waals surface area (Å²) in [6, 6.07) is 3.00. The maximum atomic E-state index is 9.29. The molecule has 3 heteroatoms. The minimum Gasteiger partial charge on any atom is -0.303 e. The molecular formula is C17H35N3. The van der Waals surface area contributed by atoms with Crippen LogP contribution in [0.2, 0.25) is 0 Å². The minimum absolute atomic E-state index is 0.318. The molecule has 0 fully saturated rings. The van der Waals surface area contributed by atoms with E-state index < -0.39 is 0 Å². The Morgan fingerprint density at radius 1 is 1.20 bits per heavy atom. The van der Waals surface area contributed by atoms with Gasteiger partial charge in [-0.25, -0.2) is 0 Å². The lowest BCUT2D eigenvalue weighted by atomic mass is 9.87. The van der Waals surface area contributed by atoms with Crippen LogP contribution in [0.4, 0.5) is 0 Å². The van der Waals surface area contributed by atoms with Crippen molar-refractivity contribution in [2.45, 2.75) is 78.8 Å². The highest BCUT2D eigenvalue weighted by molar-refractivity contribution is 5.03. The highest BCUT2D eigenvalue weighted by atomic mass is 15.1. The van der Waals surface area contributed by atoms with Crippen LogP contribution in [0.25, 0.3) is 0 Å². The van der Waals surface area contributed by atoms with E-state index in [0.29, 0.717) is 11.5 Å². The SMILES string of the molecule is CCCNC(C)(C#N)CCCCN(C)C(C)C(C)(C)C. The summed E-state index contributed by atoms with van der Waals surface area (Å²) in [5, 5.41) is 12.6. The van der Waals surface area contributed by atoms with Crippen LogP contribution in [-0.2, 0) is 0 Å². The van der Waals surface area contributed by atoms with Crippen LogP contribution in [0.5, 0.6) is 0 Å². The van der Waals surface area contributed by atoms with E-state index in [1.165, 1.54) is 0 Å². The van der Waals surface area contributed by atoms with Crippen LogP contribution in [0.1, 0.15) is 67.2 Å². The molecule has 20 heavy (non-hydrogen) atoms. The zero-order chi connectivity index (χ0) is 15.8. The second kappa shape index (κ2) is 8.64. The Hall–Kier alpha value is -0.590. The van der Waals surface area contributed by atoms with Crippen LogP contribution >= 0.6 is 0 Å². The first-order chi connectivity index (χ1) is 9.16. The Bertz CT molecular complexity index is 300. The van der Waals surface area contributed by atoms with Crippen molar-refractivity contribution in [2.75, 3.05) is 20.1 Å². The summed E-state index contributed by atoms with van der Waals surface area (Å²) in [4.78, 5) is 2.43. The molecular weight excluding hydrogens is 246 g/mol. The normalized spacial score (nSPS) is 16.8. The number of nitrogens with zero attached hydrogens (tertiary/aromatic N) is 2. The number of hydrogen-bond donors (Lipinski definition) is 1. The smallest absolute Gasteiger partial charge is 0.103 e. The van der Waals surface area contributed by atoms with Gasteiger partial charge in [0.2, 0.25) is 0 Å².